The standard InChI is InChI=1S/C29H25N3/c1-22-17-19-25(20-18-22)29(31-26-15-9-4-10-16-26)27(21-30)32-28(23-11-5-2-6-12-23)24-13-7-3-8-14-24/h2-20,27,29,31H,1H3/t27-,29+/m0/s1. The highest BCUT2D eigenvalue weighted by molar-refractivity contribution is 6.13. The Hall–Kier alpha value is -4.16. The molecule has 4 rings (SSSR count). The zero-order valence-electron chi connectivity index (χ0n) is 18.0. The van der Waals surface area contributed by atoms with Crippen LogP contribution >= 0.6 is 0 Å². The van der Waals surface area contributed by atoms with Crippen LogP contribution in [0.2, 0.25) is 0 Å². The fraction of sp³-hybridized carbons (Fsp3) is 0.103. The number of hydrogen-bond donors (Lipinski definition) is 1. The molecule has 3 nitrogen and oxygen atoms in total. The molecule has 1 N–H and O–H groups in total. The highest BCUT2D eigenvalue weighted by Gasteiger charge is 2.24. The molecule has 0 aliphatic heterocycles. The second-order valence-corrected chi connectivity index (χ2v) is 7.68. The fourth-order valence-electron chi connectivity index (χ4n) is 3.66. The minimum atomic E-state index is -0.631. The van der Waals surface area contributed by atoms with Crippen LogP contribution in [-0.2, 0) is 0 Å². The van der Waals surface area contributed by atoms with Crippen LogP contribution in [0.5, 0.6) is 0 Å². The fourth-order valence-corrected chi connectivity index (χ4v) is 3.66. The van der Waals surface area contributed by atoms with E-state index in [0.717, 1.165) is 28.1 Å². The van der Waals surface area contributed by atoms with E-state index in [0.29, 0.717) is 0 Å². The molecule has 0 unspecified atom stereocenters. The summed E-state index contributed by atoms with van der Waals surface area (Å²) in [5.41, 5.74) is 5.94. The summed E-state index contributed by atoms with van der Waals surface area (Å²) in [5, 5.41) is 13.8. The van der Waals surface area contributed by atoms with Gasteiger partial charge in [-0.25, -0.2) is 0 Å². The summed E-state index contributed by atoms with van der Waals surface area (Å²) in [6, 6.07) is 39.9. The number of nitrogens with zero attached hydrogens (tertiary/aromatic N) is 2. The van der Waals surface area contributed by atoms with Crippen molar-refractivity contribution >= 4 is 11.4 Å². The van der Waals surface area contributed by atoms with Crippen LogP contribution in [-0.4, -0.2) is 11.8 Å². The van der Waals surface area contributed by atoms with Crippen LogP contribution in [0.4, 0.5) is 5.69 Å². The first kappa shape index (κ1) is 21.1. The first-order chi connectivity index (χ1) is 15.7. The Bertz CT molecular complexity index is 1150. The molecule has 0 heterocycles. The average molecular weight is 416 g/mol. The van der Waals surface area contributed by atoms with E-state index < -0.39 is 6.04 Å². The molecule has 0 radical (unpaired) electrons. The molecule has 4 aromatic rings. The molecule has 0 fully saturated rings. The van der Waals surface area contributed by atoms with Gasteiger partial charge >= 0.3 is 0 Å². The van der Waals surface area contributed by atoms with Crippen molar-refractivity contribution in [3.05, 3.63) is 138 Å². The van der Waals surface area contributed by atoms with Crippen LogP contribution in [0.15, 0.2) is 120 Å². The Morgan fingerprint density at radius 3 is 1.72 bits per heavy atom. The van der Waals surface area contributed by atoms with Crippen LogP contribution in [0.3, 0.4) is 0 Å². The molecule has 0 aliphatic carbocycles. The molecular formula is C29H25N3. The normalized spacial score (nSPS) is 12.2. The highest BCUT2D eigenvalue weighted by Crippen LogP contribution is 2.26. The van der Waals surface area contributed by atoms with Crippen LogP contribution in [0.1, 0.15) is 28.3 Å². The second-order valence-electron chi connectivity index (χ2n) is 7.68. The Morgan fingerprint density at radius 2 is 1.22 bits per heavy atom. The topological polar surface area (TPSA) is 48.2 Å². The van der Waals surface area contributed by atoms with Gasteiger partial charge in [-0.05, 0) is 24.6 Å². The van der Waals surface area contributed by atoms with Crippen molar-refractivity contribution in [3.63, 3.8) is 0 Å². The van der Waals surface area contributed by atoms with Crippen molar-refractivity contribution in [2.24, 2.45) is 4.99 Å². The molecular weight excluding hydrogens is 390 g/mol. The zero-order valence-corrected chi connectivity index (χ0v) is 18.0. The summed E-state index contributed by atoms with van der Waals surface area (Å²) in [5.74, 6) is 0. The molecule has 0 aliphatic rings. The molecule has 2 atom stereocenters. The third-order valence-corrected chi connectivity index (χ3v) is 5.34. The summed E-state index contributed by atoms with van der Waals surface area (Å²) in [6.07, 6.45) is 0. The minimum Gasteiger partial charge on any atom is -0.375 e. The van der Waals surface area contributed by atoms with Crippen LogP contribution < -0.4 is 5.32 Å². The van der Waals surface area contributed by atoms with Gasteiger partial charge in [-0.3, -0.25) is 4.99 Å². The summed E-state index contributed by atoms with van der Waals surface area (Å²) < 4.78 is 0. The Labute approximate surface area is 189 Å². The zero-order chi connectivity index (χ0) is 22.2. The first-order valence-corrected chi connectivity index (χ1v) is 10.7. The number of aliphatic imine (C=N–C) groups is 1. The summed E-state index contributed by atoms with van der Waals surface area (Å²) >= 11 is 0. The Kier molecular flexibility index (Phi) is 6.75. The van der Waals surface area contributed by atoms with Gasteiger partial charge in [0.15, 0.2) is 6.04 Å². The molecule has 4 aromatic carbocycles. The smallest absolute Gasteiger partial charge is 0.161 e. The lowest BCUT2D eigenvalue weighted by Gasteiger charge is -2.24. The van der Waals surface area contributed by atoms with Gasteiger partial charge in [0, 0.05) is 16.8 Å². The number of para-hydroxylation sites is 1. The van der Waals surface area contributed by atoms with Crippen LogP contribution in [0, 0.1) is 18.3 Å². The predicted octanol–water partition coefficient (Wildman–Crippen LogP) is 6.58. The highest BCUT2D eigenvalue weighted by atomic mass is 15.0. The van der Waals surface area contributed by atoms with Crippen molar-refractivity contribution < 1.29 is 0 Å². The average Bonchev–Trinajstić information content (AvgIpc) is 2.86. The third-order valence-electron chi connectivity index (χ3n) is 5.34. The van der Waals surface area contributed by atoms with E-state index in [4.69, 9.17) is 4.99 Å². The van der Waals surface area contributed by atoms with E-state index >= 15 is 0 Å². The largest absolute Gasteiger partial charge is 0.375 e. The van der Waals surface area contributed by atoms with Gasteiger partial charge < -0.3 is 5.32 Å². The van der Waals surface area contributed by atoms with E-state index in [2.05, 4.69) is 42.6 Å². The maximum Gasteiger partial charge on any atom is 0.161 e. The number of nitriles is 1. The van der Waals surface area contributed by atoms with Gasteiger partial charge in [0.05, 0.1) is 17.8 Å². The molecule has 0 amide bonds. The van der Waals surface area contributed by atoms with E-state index in [-0.39, 0.29) is 6.04 Å². The Morgan fingerprint density at radius 1 is 0.719 bits per heavy atom. The second kappa shape index (κ2) is 10.2. The quantitative estimate of drug-likeness (QED) is 0.347. The van der Waals surface area contributed by atoms with E-state index in [1.807, 2.05) is 91.0 Å². The van der Waals surface area contributed by atoms with Gasteiger partial charge in [-0.1, -0.05) is 109 Å². The van der Waals surface area contributed by atoms with E-state index in [1.54, 1.807) is 0 Å². The van der Waals surface area contributed by atoms with Crippen LogP contribution in [0.25, 0.3) is 0 Å². The molecule has 156 valence electrons. The van der Waals surface area contributed by atoms with E-state index in [1.165, 1.54) is 5.56 Å². The molecule has 0 saturated heterocycles. The molecule has 0 spiro atoms. The number of nitrogens with one attached hydrogen (secondary N) is 1. The van der Waals surface area contributed by atoms with Crippen molar-refractivity contribution in [2.45, 2.75) is 19.0 Å². The van der Waals surface area contributed by atoms with E-state index in [9.17, 15) is 5.26 Å². The monoisotopic (exact) mass is 415 g/mol. The summed E-state index contributed by atoms with van der Waals surface area (Å²) in [6.45, 7) is 2.06. The molecule has 32 heavy (non-hydrogen) atoms. The molecule has 0 aromatic heterocycles. The predicted molar refractivity (Wildman–Crippen MR) is 132 cm³/mol. The van der Waals surface area contributed by atoms with Crippen molar-refractivity contribution in [3.8, 4) is 6.07 Å². The first-order valence-electron chi connectivity index (χ1n) is 10.7. The lowest BCUT2D eigenvalue weighted by atomic mass is 9.97. The SMILES string of the molecule is Cc1ccc([C@@H](Nc2ccccc2)[C@H](C#N)N=C(c2ccccc2)c2ccccc2)cc1. The minimum absolute atomic E-state index is 0.301. The van der Waals surface area contributed by atoms with Gasteiger partial charge in [0.2, 0.25) is 0 Å². The number of rotatable bonds is 7. The maximum absolute atomic E-state index is 10.2. The number of hydrogen-bond acceptors (Lipinski definition) is 3. The molecule has 0 bridgehead atoms. The van der Waals surface area contributed by atoms with Crippen molar-refractivity contribution in [2.75, 3.05) is 5.32 Å². The summed E-state index contributed by atoms with van der Waals surface area (Å²) in [4.78, 5) is 5.02. The van der Waals surface area contributed by atoms with Gasteiger partial charge in [0.25, 0.3) is 0 Å². The maximum atomic E-state index is 10.2. The third kappa shape index (κ3) is 5.11. The van der Waals surface area contributed by atoms with Gasteiger partial charge in [-0.15, -0.1) is 0 Å². The van der Waals surface area contributed by atoms with Gasteiger partial charge in [0.1, 0.15) is 0 Å². The van der Waals surface area contributed by atoms with Gasteiger partial charge in [-0.2, -0.15) is 5.26 Å². The van der Waals surface area contributed by atoms with Crippen molar-refractivity contribution in [1.29, 1.82) is 5.26 Å². The number of aryl methyl sites for hydroxylation is 1. The number of benzene rings is 4. The molecule has 0 saturated carbocycles. The lowest BCUT2D eigenvalue weighted by molar-refractivity contribution is 0.690. The summed E-state index contributed by atoms with van der Waals surface area (Å²) in [7, 11) is 0. The number of anilines is 1. The lowest BCUT2D eigenvalue weighted by Crippen LogP contribution is -2.25. The van der Waals surface area contributed by atoms with Crippen molar-refractivity contribution in [1.82, 2.24) is 0 Å². The molecule has 3 heteroatoms. The Balaban J connectivity index is 1.80.